The summed E-state index contributed by atoms with van der Waals surface area (Å²) < 4.78 is 32.5. The molecule has 11 heteroatoms. The zero-order chi connectivity index (χ0) is 23.0. The standard InChI is InChI=1S/C22H30N6O4S/c23-9-7-18(15-1-2-15)28-19-8-10-24-22(29)20(19)21(26-28)25-16-3-5-17(6-4-16)33(30,31)27-11-13-32-14-12-27/h3-6,15,18-21,25-26H,1-2,7-8,10-14H2,(H,24,29)/t18-,19?,20?,21?/m0/s1. The number of benzene rings is 1. The molecule has 1 aromatic carbocycles. The first-order chi connectivity index (χ1) is 16.0. The third kappa shape index (κ3) is 4.46. The van der Waals surface area contributed by atoms with E-state index in [2.05, 4.69) is 27.1 Å². The second-order valence-corrected chi connectivity index (χ2v) is 11.1. The molecule has 33 heavy (non-hydrogen) atoms. The predicted octanol–water partition coefficient (Wildman–Crippen LogP) is 0.463. The molecular formula is C22H30N6O4S. The van der Waals surface area contributed by atoms with E-state index in [1.807, 2.05) is 0 Å². The molecule has 1 amide bonds. The highest BCUT2D eigenvalue weighted by atomic mass is 32.2. The Balaban J connectivity index is 1.32. The van der Waals surface area contributed by atoms with Crippen LogP contribution in [0.4, 0.5) is 5.69 Å². The van der Waals surface area contributed by atoms with Crippen molar-refractivity contribution in [1.82, 2.24) is 20.1 Å². The summed E-state index contributed by atoms with van der Waals surface area (Å²) >= 11 is 0. The molecule has 1 saturated carbocycles. The number of hydrogen-bond donors (Lipinski definition) is 3. The van der Waals surface area contributed by atoms with Crippen LogP contribution in [0.3, 0.4) is 0 Å². The van der Waals surface area contributed by atoms with Crippen molar-refractivity contribution in [3.05, 3.63) is 24.3 Å². The number of nitriles is 1. The average Bonchev–Trinajstić information content (AvgIpc) is 3.61. The summed E-state index contributed by atoms with van der Waals surface area (Å²) in [5.74, 6) is 0.193. The molecule has 178 valence electrons. The minimum absolute atomic E-state index is 0.00299. The van der Waals surface area contributed by atoms with Gasteiger partial charge in [0.25, 0.3) is 0 Å². The maximum absolute atomic E-state index is 12.9. The number of hydrogen-bond acceptors (Lipinski definition) is 8. The molecule has 0 radical (unpaired) electrons. The van der Waals surface area contributed by atoms with Gasteiger partial charge in [0.15, 0.2) is 0 Å². The number of nitrogens with one attached hydrogen (secondary N) is 3. The molecule has 1 aromatic rings. The normalized spacial score (nSPS) is 29.7. The van der Waals surface area contributed by atoms with Crippen LogP contribution in [0, 0.1) is 23.2 Å². The molecule has 5 rings (SSSR count). The Morgan fingerprint density at radius 1 is 1.18 bits per heavy atom. The van der Waals surface area contributed by atoms with Crippen LogP contribution < -0.4 is 16.1 Å². The zero-order valence-corrected chi connectivity index (χ0v) is 19.3. The Morgan fingerprint density at radius 3 is 2.58 bits per heavy atom. The molecule has 3 saturated heterocycles. The van der Waals surface area contributed by atoms with Crippen LogP contribution in [-0.2, 0) is 19.6 Å². The first-order valence-electron chi connectivity index (χ1n) is 11.6. The summed E-state index contributed by atoms with van der Waals surface area (Å²) in [4.78, 5) is 13.0. The summed E-state index contributed by atoms with van der Waals surface area (Å²) in [6.45, 7) is 2.14. The van der Waals surface area contributed by atoms with E-state index in [4.69, 9.17) is 4.74 Å². The smallest absolute Gasteiger partial charge is 0.243 e. The van der Waals surface area contributed by atoms with E-state index in [-0.39, 0.29) is 35.0 Å². The quantitative estimate of drug-likeness (QED) is 0.520. The van der Waals surface area contributed by atoms with Crippen molar-refractivity contribution in [1.29, 1.82) is 5.26 Å². The van der Waals surface area contributed by atoms with E-state index in [9.17, 15) is 18.5 Å². The lowest BCUT2D eigenvalue weighted by atomic mass is 9.90. The Labute approximate surface area is 194 Å². The number of piperidine rings is 1. The Hall–Kier alpha value is -2.23. The largest absolute Gasteiger partial charge is 0.379 e. The molecule has 3 heterocycles. The highest BCUT2D eigenvalue weighted by Crippen LogP contribution is 2.41. The minimum atomic E-state index is -3.56. The van der Waals surface area contributed by atoms with Crippen molar-refractivity contribution in [2.24, 2.45) is 11.8 Å². The predicted molar refractivity (Wildman–Crippen MR) is 120 cm³/mol. The summed E-state index contributed by atoms with van der Waals surface area (Å²) in [6, 6.07) is 9.11. The molecule has 3 N–H and O–H groups in total. The fraction of sp³-hybridized carbons (Fsp3) is 0.636. The molecule has 4 atom stereocenters. The molecule has 0 spiro atoms. The number of carbonyl (C=O) groups is 1. The second-order valence-electron chi connectivity index (χ2n) is 9.14. The van der Waals surface area contributed by atoms with Crippen LogP contribution in [0.15, 0.2) is 29.2 Å². The van der Waals surface area contributed by atoms with Gasteiger partial charge >= 0.3 is 0 Å². The van der Waals surface area contributed by atoms with Crippen LogP contribution in [0.5, 0.6) is 0 Å². The summed E-state index contributed by atoms with van der Waals surface area (Å²) in [5.41, 5.74) is 4.22. The molecule has 0 aromatic heterocycles. The summed E-state index contributed by atoms with van der Waals surface area (Å²) in [5, 5.41) is 17.9. The monoisotopic (exact) mass is 474 g/mol. The first kappa shape index (κ1) is 22.6. The average molecular weight is 475 g/mol. The van der Waals surface area contributed by atoms with Crippen LogP contribution in [0.25, 0.3) is 0 Å². The minimum Gasteiger partial charge on any atom is -0.379 e. The van der Waals surface area contributed by atoms with Gasteiger partial charge in [0, 0.05) is 37.4 Å². The molecule has 4 fully saturated rings. The van der Waals surface area contributed by atoms with Crippen LogP contribution >= 0.6 is 0 Å². The van der Waals surface area contributed by atoms with E-state index >= 15 is 0 Å². The topological polar surface area (TPSA) is 127 Å². The molecule has 3 aliphatic heterocycles. The molecular weight excluding hydrogens is 444 g/mol. The number of ether oxygens (including phenoxy) is 1. The van der Waals surface area contributed by atoms with Crippen LogP contribution in [-0.4, -0.2) is 74.7 Å². The van der Waals surface area contributed by atoms with Gasteiger partial charge in [-0.05, 0) is 49.4 Å². The maximum Gasteiger partial charge on any atom is 0.243 e. The number of sulfonamides is 1. The van der Waals surface area contributed by atoms with Gasteiger partial charge in [-0.25, -0.2) is 18.9 Å². The molecule has 3 unspecified atom stereocenters. The van der Waals surface area contributed by atoms with E-state index in [0.29, 0.717) is 45.2 Å². The molecule has 10 nitrogen and oxygen atoms in total. The second kappa shape index (κ2) is 9.19. The molecule has 4 aliphatic rings. The summed E-state index contributed by atoms with van der Waals surface area (Å²) in [6.07, 6.45) is 3.16. The molecule has 0 bridgehead atoms. The van der Waals surface area contributed by atoms with Crippen molar-refractivity contribution in [3.8, 4) is 6.07 Å². The Morgan fingerprint density at radius 2 is 1.91 bits per heavy atom. The number of nitrogens with zero attached hydrogens (tertiary/aromatic N) is 3. The Bertz CT molecular complexity index is 1020. The zero-order valence-electron chi connectivity index (χ0n) is 18.4. The third-order valence-electron chi connectivity index (χ3n) is 7.07. The highest BCUT2D eigenvalue weighted by molar-refractivity contribution is 7.89. The number of carbonyl (C=O) groups excluding carboxylic acids is 1. The van der Waals surface area contributed by atoms with Gasteiger partial charge in [0.05, 0.1) is 36.5 Å². The number of morpholine rings is 1. The maximum atomic E-state index is 12.9. The van der Waals surface area contributed by atoms with Crippen molar-refractivity contribution < 1.29 is 17.9 Å². The first-order valence-corrected chi connectivity index (χ1v) is 13.1. The van der Waals surface area contributed by atoms with Crippen molar-refractivity contribution >= 4 is 21.6 Å². The van der Waals surface area contributed by atoms with Gasteiger partial charge in [0.1, 0.15) is 6.17 Å². The number of fused-ring (bicyclic) bond motifs is 1. The van der Waals surface area contributed by atoms with E-state index < -0.39 is 10.0 Å². The van der Waals surface area contributed by atoms with E-state index in [1.54, 1.807) is 24.3 Å². The van der Waals surface area contributed by atoms with Gasteiger partial charge in [-0.3, -0.25) is 4.79 Å². The van der Waals surface area contributed by atoms with Crippen LogP contribution in [0.1, 0.15) is 25.7 Å². The molecule has 1 aliphatic carbocycles. The third-order valence-corrected chi connectivity index (χ3v) is 8.98. The lowest BCUT2D eigenvalue weighted by Crippen LogP contribution is -2.52. The van der Waals surface area contributed by atoms with Gasteiger partial charge in [-0.2, -0.15) is 9.57 Å². The van der Waals surface area contributed by atoms with Crippen molar-refractivity contribution in [2.75, 3.05) is 38.2 Å². The fourth-order valence-corrected chi connectivity index (χ4v) is 6.61. The van der Waals surface area contributed by atoms with Crippen LogP contribution in [0.2, 0.25) is 0 Å². The van der Waals surface area contributed by atoms with E-state index in [0.717, 1.165) is 24.9 Å². The number of rotatable bonds is 7. The SMILES string of the molecule is N#CC[C@@H](C1CC1)N1NC(Nc2ccc(S(=O)(=O)N3CCOCC3)cc2)C2C(=O)NCCC21. The van der Waals surface area contributed by atoms with Crippen molar-refractivity contribution in [3.63, 3.8) is 0 Å². The number of anilines is 1. The Kier molecular flexibility index (Phi) is 6.28. The lowest BCUT2D eigenvalue weighted by Gasteiger charge is -2.34. The fourth-order valence-electron chi connectivity index (χ4n) is 5.21. The number of hydrazine groups is 1. The van der Waals surface area contributed by atoms with Gasteiger partial charge in [-0.1, -0.05) is 0 Å². The van der Waals surface area contributed by atoms with Crippen molar-refractivity contribution in [2.45, 2.75) is 48.8 Å². The van der Waals surface area contributed by atoms with Gasteiger partial charge in [0.2, 0.25) is 15.9 Å². The highest BCUT2D eigenvalue weighted by Gasteiger charge is 2.51. The summed E-state index contributed by atoms with van der Waals surface area (Å²) in [7, 11) is -3.56. The number of amides is 1. The van der Waals surface area contributed by atoms with E-state index in [1.165, 1.54) is 4.31 Å². The van der Waals surface area contributed by atoms with Gasteiger partial charge in [-0.15, -0.1) is 0 Å². The lowest BCUT2D eigenvalue weighted by molar-refractivity contribution is -0.128. The van der Waals surface area contributed by atoms with Gasteiger partial charge < -0.3 is 15.4 Å².